The number of urea groups is 1. The molecule has 0 heterocycles. The summed E-state index contributed by atoms with van der Waals surface area (Å²) in [7, 11) is 0. The largest absolute Gasteiger partial charge is 0.494 e. The predicted molar refractivity (Wildman–Crippen MR) is 76.0 cm³/mol. The number of amides is 2. The Labute approximate surface area is 118 Å². The van der Waals surface area contributed by atoms with Gasteiger partial charge in [-0.25, -0.2) is 4.79 Å². The molecule has 110 valence electrons. The second kappa shape index (κ2) is 8.04. The second-order valence-electron chi connectivity index (χ2n) is 4.24. The van der Waals surface area contributed by atoms with Crippen molar-refractivity contribution in [1.29, 1.82) is 0 Å². The molecule has 0 radical (unpaired) electrons. The molecule has 1 atom stereocenters. The summed E-state index contributed by atoms with van der Waals surface area (Å²) in [5.41, 5.74) is 0.594. The van der Waals surface area contributed by atoms with Gasteiger partial charge in [0.25, 0.3) is 0 Å². The van der Waals surface area contributed by atoms with Crippen molar-refractivity contribution in [3.63, 3.8) is 0 Å². The Balaban J connectivity index is 2.49. The quantitative estimate of drug-likeness (QED) is 0.715. The summed E-state index contributed by atoms with van der Waals surface area (Å²) in [5.74, 6) is -0.816. The van der Waals surface area contributed by atoms with Gasteiger partial charge in [-0.15, -0.1) is 0 Å². The summed E-state index contributed by atoms with van der Waals surface area (Å²) < 4.78 is 5.33. The highest BCUT2D eigenvalue weighted by Gasteiger charge is 2.15. The van der Waals surface area contributed by atoms with E-state index >= 15 is 0 Å². The first-order chi connectivity index (χ1) is 9.56. The van der Waals surface area contributed by atoms with E-state index < -0.39 is 17.9 Å². The zero-order valence-corrected chi connectivity index (χ0v) is 11.7. The minimum atomic E-state index is -0.911. The van der Waals surface area contributed by atoms with Gasteiger partial charge in [-0.1, -0.05) is 13.0 Å². The Morgan fingerprint density at radius 2 is 2.10 bits per heavy atom. The molecule has 6 nitrogen and oxygen atoms in total. The zero-order chi connectivity index (χ0) is 15.0. The molecule has 0 saturated heterocycles. The fraction of sp³-hybridized carbons (Fsp3) is 0.429. The first-order valence-corrected chi connectivity index (χ1v) is 6.57. The first kappa shape index (κ1) is 15.8. The molecule has 0 aliphatic heterocycles. The van der Waals surface area contributed by atoms with Crippen LogP contribution in [-0.2, 0) is 4.79 Å². The van der Waals surface area contributed by atoms with Gasteiger partial charge < -0.3 is 20.5 Å². The third-order valence-electron chi connectivity index (χ3n) is 2.75. The second-order valence-corrected chi connectivity index (χ2v) is 4.24. The maximum absolute atomic E-state index is 11.7. The number of aliphatic carboxylic acids is 1. The highest BCUT2D eigenvalue weighted by atomic mass is 16.5. The summed E-state index contributed by atoms with van der Waals surface area (Å²) >= 11 is 0. The Hall–Kier alpha value is -2.24. The smallest absolute Gasteiger partial charge is 0.319 e. The topological polar surface area (TPSA) is 87.7 Å². The third kappa shape index (κ3) is 5.17. The number of rotatable bonds is 7. The van der Waals surface area contributed by atoms with E-state index in [9.17, 15) is 9.59 Å². The van der Waals surface area contributed by atoms with Gasteiger partial charge in [0.1, 0.15) is 5.75 Å². The van der Waals surface area contributed by atoms with Crippen LogP contribution in [0.15, 0.2) is 24.3 Å². The van der Waals surface area contributed by atoms with Crippen LogP contribution in [-0.4, -0.2) is 30.3 Å². The number of hydrogen-bond acceptors (Lipinski definition) is 3. The molecule has 0 aliphatic carbocycles. The van der Waals surface area contributed by atoms with Crippen LogP contribution in [0.25, 0.3) is 0 Å². The summed E-state index contributed by atoms with van der Waals surface area (Å²) in [6, 6.07) is 6.57. The number of carbonyl (C=O) groups is 2. The van der Waals surface area contributed by atoms with Crippen LogP contribution in [0.2, 0.25) is 0 Å². The van der Waals surface area contributed by atoms with E-state index in [-0.39, 0.29) is 6.54 Å². The van der Waals surface area contributed by atoms with Crippen LogP contribution in [0.4, 0.5) is 10.5 Å². The number of anilines is 1. The van der Waals surface area contributed by atoms with Crippen LogP contribution in [0.3, 0.4) is 0 Å². The van der Waals surface area contributed by atoms with Gasteiger partial charge in [-0.3, -0.25) is 4.79 Å². The highest BCUT2D eigenvalue weighted by Crippen LogP contribution is 2.17. The number of carboxylic acid groups (broad SMARTS) is 1. The van der Waals surface area contributed by atoms with E-state index in [1.54, 1.807) is 31.2 Å². The fourth-order valence-corrected chi connectivity index (χ4v) is 1.63. The van der Waals surface area contributed by atoms with Gasteiger partial charge in [-0.05, 0) is 25.5 Å². The molecular weight excluding hydrogens is 260 g/mol. The lowest BCUT2D eigenvalue weighted by Gasteiger charge is -2.12. The molecule has 20 heavy (non-hydrogen) atoms. The average Bonchev–Trinajstić information content (AvgIpc) is 2.39. The third-order valence-corrected chi connectivity index (χ3v) is 2.75. The molecule has 0 spiro atoms. The van der Waals surface area contributed by atoms with Crippen molar-refractivity contribution < 1.29 is 19.4 Å². The van der Waals surface area contributed by atoms with Crippen LogP contribution in [0.5, 0.6) is 5.75 Å². The van der Waals surface area contributed by atoms with E-state index in [0.29, 0.717) is 24.5 Å². The molecule has 0 saturated carbocycles. The van der Waals surface area contributed by atoms with Crippen molar-refractivity contribution in [1.82, 2.24) is 5.32 Å². The number of ether oxygens (including phenoxy) is 1. The zero-order valence-electron chi connectivity index (χ0n) is 11.7. The van der Waals surface area contributed by atoms with Gasteiger partial charge in [0.2, 0.25) is 0 Å². The first-order valence-electron chi connectivity index (χ1n) is 6.57. The molecule has 0 bridgehead atoms. The molecule has 1 rings (SSSR count). The molecule has 0 aliphatic rings. The Morgan fingerprint density at radius 1 is 1.35 bits per heavy atom. The Kier molecular flexibility index (Phi) is 6.36. The monoisotopic (exact) mass is 280 g/mol. The molecule has 1 aromatic carbocycles. The number of nitrogens with one attached hydrogen (secondary N) is 2. The summed E-state index contributed by atoms with van der Waals surface area (Å²) in [5, 5.41) is 14.1. The maximum Gasteiger partial charge on any atom is 0.319 e. The number of hydrogen-bond donors (Lipinski definition) is 3. The van der Waals surface area contributed by atoms with Crippen molar-refractivity contribution in [2.45, 2.75) is 20.3 Å². The van der Waals surface area contributed by atoms with Crippen molar-refractivity contribution >= 4 is 17.7 Å². The van der Waals surface area contributed by atoms with Crippen molar-refractivity contribution in [2.24, 2.45) is 5.92 Å². The van der Waals surface area contributed by atoms with Gasteiger partial charge in [0, 0.05) is 18.3 Å². The lowest BCUT2D eigenvalue weighted by Crippen LogP contribution is -2.35. The minimum absolute atomic E-state index is 0.100. The van der Waals surface area contributed by atoms with E-state index in [1.165, 1.54) is 0 Å². The Morgan fingerprint density at radius 3 is 2.70 bits per heavy atom. The minimum Gasteiger partial charge on any atom is -0.494 e. The van der Waals surface area contributed by atoms with Crippen LogP contribution >= 0.6 is 0 Å². The van der Waals surface area contributed by atoms with E-state index in [1.807, 2.05) is 6.92 Å². The number of carboxylic acids is 1. The van der Waals surface area contributed by atoms with Crippen LogP contribution < -0.4 is 15.4 Å². The van der Waals surface area contributed by atoms with E-state index in [4.69, 9.17) is 9.84 Å². The molecule has 0 aromatic heterocycles. The average molecular weight is 280 g/mol. The van der Waals surface area contributed by atoms with Crippen LogP contribution in [0.1, 0.15) is 20.3 Å². The van der Waals surface area contributed by atoms with Gasteiger partial charge >= 0.3 is 12.0 Å². The standard InChI is InChI=1S/C14H20N2O4/c1-3-10(13(17)18)9-15-14(19)16-11-6-5-7-12(8-11)20-4-2/h5-8,10H,3-4,9H2,1-2H3,(H,17,18)(H2,15,16,19). The summed E-state index contributed by atoms with van der Waals surface area (Å²) in [4.78, 5) is 22.5. The molecule has 6 heteroatoms. The number of carbonyl (C=O) groups excluding carboxylic acids is 1. The predicted octanol–water partition coefficient (Wildman–Crippen LogP) is 2.32. The fourth-order valence-electron chi connectivity index (χ4n) is 1.63. The summed E-state index contributed by atoms with van der Waals surface area (Å²) in [6.07, 6.45) is 0.468. The molecule has 0 fully saturated rings. The van der Waals surface area contributed by atoms with E-state index in [0.717, 1.165) is 0 Å². The van der Waals surface area contributed by atoms with Crippen molar-refractivity contribution in [2.75, 3.05) is 18.5 Å². The van der Waals surface area contributed by atoms with Gasteiger partial charge in [0.05, 0.1) is 12.5 Å². The lowest BCUT2D eigenvalue weighted by molar-refractivity contribution is -0.141. The molecule has 1 aromatic rings. The molecule has 1 unspecified atom stereocenters. The van der Waals surface area contributed by atoms with E-state index in [2.05, 4.69) is 10.6 Å². The number of benzene rings is 1. The van der Waals surface area contributed by atoms with Gasteiger partial charge in [0.15, 0.2) is 0 Å². The lowest BCUT2D eigenvalue weighted by atomic mass is 10.1. The normalized spacial score (nSPS) is 11.5. The SMILES string of the molecule is CCOc1cccc(NC(=O)NCC(CC)C(=O)O)c1. The maximum atomic E-state index is 11.7. The summed E-state index contributed by atoms with van der Waals surface area (Å²) in [6.45, 7) is 4.29. The van der Waals surface area contributed by atoms with Crippen molar-refractivity contribution in [3.8, 4) is 5.75 Å². The molecule has 3 N–H and O–H groups in total. The Bertz CT molecular complexity index is 462. The van der Waals surface area contributed by atoms with Gasteiger partial charge in [-0.2, -0.15) is 0 Å². The van der Waals surface area contributed by atoms with Crippen LogP contribution in [0, 0.1) is 5.92 Å². The van der Waals surface area contributed by atoms with Crippen molar-refractivity contribution in [3.05, 3.63) is 24.3 Å². The molecular formula is C14H20N2O4. The highest BCUT2D eigenvalue weighted by molar-refractivity contribution is 5.89. The molecule has 2 amide bonds.